The Morgan fingerprint density at radius 2 is 2.04 bits per heavy atom. The Balaban J connectivity index is 1.89. The first-order valence-electron chi connectivity index (χ1n) is 7.99. The Morgan fingerprint density at radius 1 is 1.32 bits per heavy atom. The van der Waals surface area contributed by atoms with Gasteiger partial charge in [0.2, 0.25) is 5.89 Å². The fourth-order valence-electron chi connectivity index (χ4n) is 2.94. The highest BCUT2D eigenvalue weighted by molar-refractivity contribution is 5.65. The minimum absolute atomic E-state index is 0.0459. The highest BCUT2D eigenvalue weighted by atomic mass is 19.4. The van der Waals surface area contributed by atoms with Crippen molar-refractivity contribution in [3.8, 4) is 11.5 Å². The van der Waals surface area contributed by atoms with Crippen LogP contribution in [0.3, 0.4) is 0 Å². The monoisotopic (exact) mass is 356 g/mol. The van der Waals surface area contributed by atoms with Crippen LogP contribution in [0.1, 0.15) is 25.3 Å². The molecule has 0 unspecified atom stereocenters. The Hall–Kier alpha value is -2.29. The quantitative estimate of drug-likeness (QED) is 0.785. The van der Waals surface area contributed by atoms with Gasteiger partial charge in [0.05, 0.1) is 5.56 Å². The maximum atomic E-state index is 13.3. The van der Waals surface area contributed by atoms with E-state index in [-0.39, 0.29) is 17.0 Å². The highest BCUT2D eigenvalue weighted by Crippen LogP contribution is 2.38. The summed E-state index contributed by atoms with van der Waals surface area (Å²) in [6, 6.07) is 3.52. The summed E-state index contributed by atoms with van der Waals surface area (Å²) >= 11 is 0. The molecule has 1 aliphatic rings. The normalized spacial score (nSPS) is 17.4. The molecule has 0 amide bonds. The van der Waals surface area contributed by atoms with Gasteiger partial charge in [-0.15, -0.1) is 5.10 Å². The number of H-pyrrole nitrogens is 1. The lowest BCUT2D eigenvalue weighted by atomic mass is 9.81. The molecule has 1 aromatic heterocycles. The van der Waals surface area contributed by atoms with Crippen LogP contribution in [0.5, 0.6) is 0 Å². The molecule has 3 N–H and O–H groups in total. The topological polar surface area (TPSA) is 83.0 Å². The third kappa shape index (κ3) is 4.04. The molecule has 1 aromatic carbocycles. The van der Waals surface area contributed by atoms with E-state index in [1.807, 2.05) is 0 Å². The zero-order valence-corrected chi connectivity index (χ0v) is 13.7. The van der Waals surface area contributed by atoms with Crippen molar-refractivity contribution in [3.05, 3.63) is 34.3 Å². The van der Waals surface area contributed by atoms with Crippen molar-refractivity contribution in [2.45, 2.75) is 25.9 Å². The lowest BCUT2D eigenvalue weighted by Crippen LogP contribution is -2.39. The van der Waals surface area contributed by atoms with Crippen molar-refractivity contribution in [1.82, 2.24) is 15.5 Å². The molecule has 0 spiro atoms. The minimum atomic E-state index is -4.48. The van der Waals surface area contributed by atoms with Crippen LogP contribution in [-0.4, -0.2) is 29.8 Å². The molecule has 1 fully saturated rings. The summed E-state index contributed by atoms with van der Waals surface area (Å²) in [4.78, 5) is 11.1. The summed E-state index contributed by atoms with van der Waals surface area (Å²) in [5.74, 6) is -0.804. The van der Waals surface area contributed by atoms with Crippen molar-refractivity contribution < 1.29 is 17.6 Å². The number of aromatic amines is 1. The van der Waals surface area contributed by atoms with Crippen LogP contribution in [0.2, 0.25) is 0 Å². The van der Waals surface area contributed by atoms with Crippen LogP contribution in [-0.2, 0) is 6.18 Å². The molecular formula is C16H19F3N4O2. The van der Waals surface area contributed by atoms with E-state index in [1.54, 1.807) is 0 Å². The van der Waals surface area contributed by atoms with Crippen LogP contribution < -0.4 is 16.4 Å². The molecule has 0 radical (unpaired) electrons. The van der Waals surface area contributed by atoms with E-state index in [1.165, 1.54) is 12.1 Å². The smallest absolute Gasteiger partial charge is 0.388 e. The molecule has 1 saturated heterocycles. The first kappa shape index (κ1) is 17.5. The van der Waals surface area contributed by atoms with Crippen molar-refractivity contribution >= 4 is 5.69 Å². The Morgan fingerprint density at radius 3 is 2.64 bits per heavy atom. The van der Waals surface area contributed by atoms with E-state index in [0.717, 1.165) is 32.0 Å². The van der Waals surface area contributed by atoms with Crippen molar-refractivity contribution in [3.63, 3.8) is 0 Å². The molecule has 6 nitrogen and oxygen atoms in total. The number of piperidine rings is 1. The first-order valence-corrected chi connectivity index (χ1v) is 7.99. The van der Waals surface area contributed by atoms with Gasteiger partial charge in [0, 0.05) is 17.8 Å². The molecule has 1 aliphatic heterocycles. The summed E-state index contributed by atoms with van der Waals surface area (Å²) in [5.41, 5.74) is -0.588. The van der Waals surface area contributed by atoms with Gasteiger partial charge in [-0.05, 0) is 49.5 Å². The van der Waals surface area contributed by atoms with E-state index in [4.69, 9.17) is 4.42 Å². The lowest BCUT2D eigenvalue weighted by Gasteiger charge is -2.34. The second kappa shape index (κ2) is 6.55. The molecular weight excluding hydrogens is 337 g/mol. The number of anilines is 1. The van der Waals surface area contributed by atoms with Crippen LogP contribution in [0.4, 0.5) is 18.9 Å². The number of hydrogen-bond donors (Lipinski definition) is 3. The molecule has 0 saturated carbocycles. The van der Waals surface area contributed by atoms with Gasteiger partial charge >= 0.3 is 11.9 Å². The maximum absolute atomic E-state index is 13.3. The van der Waals surface area contributed by atoms with Crippen LogP contribution >= 0.6 is 0 Å². The fraction of sp³-hybridized carbons (Fsp3) is 0.500. The number of rotatable bonds is 4. The largest absolute Gasteiger partial charge is 0.434 e. The number of hydrogen-bond acceptors (Lipinski definition) is 5. The molecule has 9 heteroatoms. The summed E-state index contributed by atoms with van der Waals surface area (Å²) in [7, 11) is 0. The highest BCUT2D eigenvalue weighted by Gasteiger charge is 2.35. The summed E-state index contributed by atoms with van der Waals surface area (Å²) in [6.45, 7) is 4.18. The van der Waals surface area contributed by atoms with Gasteiger partial charge in [-0.1, -0.05) is 6.92 Å². The minimum Gasteiger partial charge on any atom is -0.388 e. The van der Waals surface area contributed by atoms with Gasteiger partial charge in [0.15, 0.2) is 0 Å². The molecule has 2 aromatic rings. The summed E-state index contributed by atoms with van der Waals surface area (Å²) in [5, 5.41) is 11.9. The molecule has 3 rings (SSSR count). The second-order valence-corrected chi connectivity index (χ2v) is 6.59. The number of nitrogens with zero attached hydrogens (tertiary/aromatic N) is 1. The number of halogens is 3. The number of alkyl halides is 3. The zero-order valence-electron chi connectivity index (χ0n) is 13.7. The molecule has 0 aliphatic carbocycles. The van der Waals surface area contributed by atoms with E-state index in [9.17, 15) is 18.0 Å². The molecule has 25 heavy (non-hydrogen) atoms. The second-order valence-electron chi connectivity index (χ2n) is 6.59. The molecule has 0 bridgehead atoms. The van der Waals surface area contributed by atoms with Crippen LogP contribution in [0.25, 0.3) is 11.5 Å². The third-order valence-electron chi connectivity index (χ3n) is 4.53. The van der Waals surface area contributed by atoms with Crippen LogP contribution in [0, 0.1) is 5.41 Å². The predicted molar refractivity (Wildman–Crippen MR) is 86.3 cm³/mol. The van der Waals surface area contributed by atoms with Crippen molar-refractivity contribution in [2.24, 2.45) is 5.41 Å². The maximum Gasteiger partial charge on any atom is 0.434 e. The van der Waals surface area contributed by atoms with E-state index in [0.29, 0.717) is 12.1 Å². The fourth-order valence-corrected chi connectivity index (χ4v) is 2.94. The van der Waals surface area contributed by atoms with Gasteiger partial charge in [0.25, 0.3) is 0 Å². The average Bonchev–Trinajstić information content (AvgIpc) is 2.99. The number of aromatic nitrogens is 2. The van der Waals surface area contributed by atoms with E-state index >= 15 is 0 Å². The van der Waals surface area contributed by atoms with Gasteiger partial charge in [-0.2, -0.15) is 13.2 Å². The predicted octanol–water partition coefficient (Wildman–Crippen LogP) is 2.85. The average molecular weight is 356 g/mol. The van der Waals surface area contributed by atoms with Crippen molar-refractivity contribution in [2.75, 3.05) is 25.0 Å². The van der Waals surface area contributed by atoms with Gasteiger partial charge < -0.3 is 15.1 Å². The molecule has 0 atom stereocenters. The Kier molecular flexibility index (Phi) is 4.59. The zero-order chi connectivity index (χ0) is 18.1. The van der Waals surface area contributed by atoms with Crippen molar-refractivity contribution in [1.29, 1.82) is 0 Å². The SMILES string of the molecule is CC1(CNc2cc(-c3n[nH]c(=O)o3)ccc2C(F)(F)F)CCNCC1. The van der Waals surface area contributed by atoms with E-state index in [2.05, 4.69) is 27.8 Å². The number of benzene rings is 1. The molecule has 136 valence electrons. The summed E-state index contributed by atoms with van der Waals surface area (Å²) in [6.07, 6.45) is -2.72. The molecule has 2 heterocycles. The standard InChI is InChI=1S/C16H19F3N4O2/c1-15(4-6-20-7-5-15)9-21-12-8-10(13-22-23-14(24)25-13)2-3-11(12)16(17,18)19/h2-3,8,20-21H,4-7,9H2,1H3,(H,23,24). The van der Waals surface area contributed by atoms with Gasteiger partial charge in [0.1, 0.15) is 0 Å². The van der Waals surface area contributed by atoms with E-state index < -0.39 is 17.5 Å². The summed E-state index contributed by atoms with van der Waals surface area (Å²) < 4.78 is 44.7. The van der Waals surface area contributed by atoms with Gasteiger partial charge in [-0.3, -0.25) is 0 Å². The first-order chi connectivity index (χ1) is 11.8. The Labute approximate surface area is 141 Å². The third-order valence-corrected chi connectivity index (χ3v) is 4.53. The van der Waals surface area contributed by atoms with Gasteiger partial charge in [-0.25, -0.2) is 9.89 Å². The lowest BCUT2D eigenvalue weighted by molar-refractivity contribution is -0.137. The van der Waals surface area contributed by atoms with Crippen LogP contribution in [0.15, 0.2) is 27.4 Å². The number of nitrogens with one attached hydrogen (secondary N) is 3. The Bertz CT molecular complexity index is 791.